The Balaban J connectivity index is 1.79. The third-order valence-corrected chi connectivity index (χ3v) is 6.31. The maximum absolute atomic E-state index is 13.6. The number of likely N-dealkylation sites (tertiary alicyclic amines) is 1. The van der Waals surface area contributed by atoms with Gasteiger partial charge in [0.1, 0.15) is 22.8 Å². The number of benzene rings is 2. The van der Waals surface area contributed by atoms with Crippen LogP contribution in [0.25, 0.3) is 11.1 Å². The van der Waals surface area contributed by atoms with Crippen molar-refractivity contribution in [3.63, 3.8) is 0 Å². The quantitative estimate of drug-likeness (QED) is 0.497. The summed E-state index contributed by atoms with van der Waals surface area (Å²) in [5.41, 5.74) is 1.83. The van der Waals surface area contributed by atoms with E-state index >= 15 is 0 Å². The summed E-state index contributed by atoms with van der Waals surface area (Å²) in [6.07, 6.45) is 0.792. The Labute approximate surface area is 204 Å². The first-order valence-corrected chi connectivity index (χ1v) is 11.6. The number of rotatable bonds is 8. The highest BCUT2D eigenvalue weighted by molar-refractivity contribution is 6.02. The summed E-state index contributed by atoms with van der Waals surface area (Å²) in [4.78, 5) is 19.5. The van der Waals surface area contributed by atoms with E-state index in [4.69, 9.17) is 14.2 Å². The van der Waals surface area contributed by atoms with E-state index in [2.05, 4.69) is 4.98 Å². The van der Waals surface area contributed by atoms with Crippen molar-refractivity contribution in [1.29, 1.82) is 0 Å². The minimum absolute atomic E-state index is 0.0163. The summed E-state index contributed by atoms with van der Waals surface area (Å²) >= 11 is 0. The van der Waals surface area contributed by atoms with Crippen molar-refractivity contribution < 1.29 is 29.2 Å². The van der Waals surface area contributed by atoms with Crippen LogP contribution in [0.5, 0.6) is 23.1 Å². The second-order valence-electron chi connectivity index (χ2n) is 8.30. The van der Waals surface area contributed by atoms with Gasteiger partial charge in [-0.1, -0.05) is 36.4 Å². The lowest BCUT2D eigenvalue weighted by Crippen LogP contribution is -2.29. The predicted molar refractivity (Wildman–Crippen MR) is 131 cm³/mol. The van der Waals surface area contributed by atoms with Crippen LogP contribution < -0.4 is 9.47 Å². The van der Waals surface area contributed by atoms with Gasteiger partial charge in [0.2, 0.25) is 5.88 Å². The molecule has 8 nitrogen and oxygen atoms in total. The van der Waals surface area contributed by atoms with Crippen LogP contribution in [0.2, 0.25) is 0 Å². The second-order valence-corrected chi connectivity index (χ2v) is 8.30. The van der Waals surface area contributed by atoms with Gasteiger partial charge in [-0.15, -0.1) is 0 Å². The van der Waals surface area contributed by atoms with Gasteiger partial charge in [-0.25, -0.2) is 4.98 Å². The van der Waals surface area contributed by atoms with E-state index in [-0.39, 0.29) is 35.1 Å². The molecular weight excluding hydrogens is 448 g/mol. The minimum Gasteiger partial charge on any atom is -0.506 e. The van der Waals surface area contributed by atoms with Crippen LogP contribution in [-0.4, -0.2) is 59.9 Å². The number of amides is 1. The Morgan fingerprint density at radius 2 is 1.71 bits per heavy atom. The lowest BCUT2D eigenvalue weighted by atomic mass is 9.97. The largest absolute Gasteiger partial charge is 0.506 e. The summed E-state index contributed by atoms with van der Waals surface area (Å²) in [5, 5.41) is 22.2. The molecule has 2 heterocycles. The molecule has 4 rings (SSSR count). The van der Waals surface area contributed by atoms with E-state index in [0.717, 1.165) is 12.0 Å². The number of ether oxygens (including phenoxy) is 3. The summed E-state index contributed by atoms with van der Waals surface area (Å²) in [5.74, 6) is -0.374. The molecule has 1 fully saturated rings. The highest BCUT2D eigenvalue weighted by Crippen LogP contribution is 2.47. The van der Waals surface area contributed by atoms with Gasteiger partial charge in [-0.3, -0.25) is 4.79 Å². The molecule has 0 saturated carbocycles. The molecule has 1 saturated heterocycles. The first kappa shape index (κ1) is 24.3. The van der Waals surface area contributed by atoms with E-state index in [1.807, 2.05) is 37.3 Å². The normalized spacial score (nSPS) is 15.3. The Morgan fingerprint density at radius 3 is 2.34 bits per heavy atom. The van der Waals surface area contributed by atoms with Gasteiger partial charge in [-0.2, -0.15) is 0 Å². The van der Waals surface area contributed by atoms with E-state index in [0.29, 0.717) is 36.8 Å². The lowest BCUT2D eigenvalue weighted by Gasteiger charge is -2.22. The van der Waals surface area contributed by atoms with Gasteiger partial charge in [0.15, 0.2) is 0 Å². The van der Waals surface area contributed by atoms with Crippen molar-refractivity contribution in [3.8, 4) is 34.3 Å². The molecule has 184 valence electrons. The molecule has 2 N–H and O–H groups in total. The molecule has 3 aromatic rings. The van der Waals surface area contributed by atoms with Gasteiger partial charge < -0.3 is 29.3 Å². The van der Waals surface area contributed by atoms with Gasteiger partial charge in [0.05, 0.1) is 37.6 Å². The van der Waals surface area contributed by atoms with Crippen molar-refractivity contribution in [3.05, 3.63) is 65.4 Å². The van der Waals surface area contributed by atoms with Crippen LogP contribution in [0, 0.1) is 0 Å². The second kappa shape index (κ2) is 10.7. The lowest BCUT2D eigenvalue weighted by molar-refractivity contribution is 0.0783. The Hall–Kier alpha value is -3.78. The fourth-order valence-corrected chi connectivity index (χ4v) is 4.57. The first-order valence-electron chi connectivity index (χ1n) is 11.6. The monoisotopic (exact) mass is 478 g/mol. The maximum Gasteiger partial charge on any atom is 0.263 e. The van der Waals surface area contributed by atoms with E-state index in [1.54, 1.807) is 23.1 Å². The minimum atomic E-state index is -0.539. The average molecular weight is 479 g/mol. The van der Waals surface area contributed by atoms with Crippen LogP contribution in [0.1, 0.15) is 40.9 Å². The molecular formula is C27H30N2O6. The van der Waals surface area contributed by atoms with Crippen molar-refractivity contribution in [2.45, 2.75) is 25.9 Å². The summed E-state index contributed by atoms with van der Waals surface area (Å²) < 4.78 is 16.6. The molecule has 1 aromatic heterocycles. The van der Waals surface area contributed by atoms with Crippen LogP contribution in [0.15, 0.2) is 48.5 Å². The third kappa shape index (κ3) is 4.74. The van der Waals surface area contributed by atoms with Crippen molar-refractivity contribution in [1.82, 2.24) is 9.88 Å². The zero-order valence-electron chi connectivity index (χ0n) is 20.2. The number of nitrogens with zero attached hydrogens (tertiary/aromatic N) is 2. The fraction of sp³-hybridized carbons (Fsp3) is 0.333. The van der Waals surface area contributed by atoms with Gasteiger partial charge >= 0.3 is 0 Å². The number of methoxy groups -OCH3 is 2. The average Bonchev–Trinajstić information content (AvgIpc) is 3.38. The van der Waals surface area contributed by atoms with Gasteiger partial charge in [0.25, 0.3) is 5.91 Å². The van der Waals surface area contributed by atoms with Crippen molar-refractivity contribution in [2.75, 3.05) is 33.9 Å². The van der Waals surface area contributed by atoms with E-state index < -0.39 is 11.8 Å². The highest BCUT2D eigenvalue weighted by atomic mass is 16.5. The summed E-state index contributed by atoms with van der Waals surface area (Å²) in [6.45, 7) is 3.24. The topological polar surface area (TPSA) is 101 Å². The van der Waals surface area contributed by atoms with Crippen LogP contribution >= 0.6 is 0 Å². The third-order valence-electron chi connectivity index (χ3n) is 6.31. The van der Waals surface area contributed by atoms with Crippen LogP contribution in [-0.2, 0) is 11.3 Å². The molecule has 0 spiro atoms. The Kier molecular flexibility index (Phi) is 7.41. The molecule has 0 aliphatic carbocycles. The number of carbonyl (C=O) groups excluding carboxylic acids is 1. The number of aromatic hydroxyl groups is 2. The summed E-state index contributed by atoms with van der Waals surface area (Å²) in [6, 6.07) is 15.2. The number of carbonyl (C=O) groups is 1. The standard InChI is InChI=1S/C27H30N2O6/c1-4-35-16-19-22(23-20(33-2)11-8-12-21(23)34-3)25(30)24(26(31)28-19)27(32)29-14-13-18(15-29)17-9-6-5-7-10-17/h5-12,18H,4,13-16H2,1-3H3,(H2,28,30,31)/t18-/m0/s1. The number of hydrogen-bond acceptors (Lipinski definition) is 7. The molecule has 0 bridgehead atoms. The van der Waals surface area contributed by atoms with Crippen LogP contribution in [0.3, 0.4) is 0 Å². The molecule has 1 atom stereocenters. The number of pyridine rings is 1. The summed E-state index contributed by atoms with van der Waals surface area (Å²) in [7, 11) is 3.01. The molecule has 8 heteroatoms. The predicted octanol–water partition coefficient (Wildman–Crippen LogP) is 4.34. The molecule has 0 unspecified atom stereocenters. The molecule has 1 aliphatic rings. The van der Waals surface area contributed by atoms with E-state index in [9.17, 15) is 15.0 Å². The Bertz CT molecular complexity index is 1180. The van der Waals surface area contributed by atoms with Crippen molar-refractivity contribution in [2.24, 2.45) is 0 Å². The number of hydrogen-bond donors (Lipinski definition) is 2. The molecule has 1 amide bonds. The fourth-order valence-electron chi connectivity index (χ4n) is 4.57. The molecule has 1 aliphatic heterocycles. The zero-order valence-corrected chi connectivity index (χ0v) is 20.2. The highest BCUT2D eigenvalue weighted by Gasteiger charge is 2.34. The molecule has 2 aromatic carbocycles. The SMILES string of the molecule is CCOCc1nc(O)c(C(=O)N2CC[C@H](c3ccccc3)C2)c(O)c1-c1c(OC)cccc1OC. The first-order chi connectivity index (χ1) is 17.0. The zero-order chi connectivity index (χ0) is 24.9. The molecule has 35 heavy (non-hydrogen) atoms. The van der Waals surface area contributed by atoms with Crippen LogP contribution in [0.4, 0.5) is 0 Å². The van der Waals surface area contributed by atoms with Gasteiger partial charge in [0, 0.05) is 25.6 Å². The number of aromatic nitrogens is 1. The Morgan fingerprint density at radius 1 is 1.03 bits per heavy atom. The van der Waals surface area contributed by atoms with Gasteiger partial charge in [-0.05, 0) is 31.0 Å². The smallest absolute Gasteiger partial charge is 0.263 e. The van der Waals surface area contributed by atoms with Crippen molar-refractivity contribution >= 4 is 5.91 Å². The van der Waals surface area contributed by atoms with E-state index in [1.165, 1.54) is 14.2 Å². The molecule has 0 radical (unpaired) electrons. The maximum atomic E-state index is 13.6.